The van der Waals surface area contributed by atoms with Crippen molar-refractivity contribution in [3.63, 3.8) is 0 Å². The Hall–Kier alpha value is -4.14. The van der Waals surface area contributed by atoms with Gasteiger partial charge in [0.2, 0.25) is 0 Å². The van der Waals surface area contributed by atoms with Gasteiger partial charge in [0.15, 0.2) is 11.4 Å². The van der Waals surface area contributed by atoms with Crippen LogP contribution < -0.4 is 14.8 Å². The average Bonchev–Trinajstić information content (AvgIpc) is 3.27. The molecule has 0 aliphatic rings. The number of methoxy groups -OCH3 is 2. The molecular weight excluding hydrogens is 398 g/mol. The van der Waals surface area contributed by atoms with E-state index in [0.29, 0.717) is 40.9 Å². The fraction of sp³-hybridized carbons (Fsp3) is 0.182. The van der Waals surface area contributed by atoms with Crippen LogP contribution in [0.4, 0.5) is 11.5 Å². The van der Waals surface area contributed by atoms with Crippen molar-refractivity contribution in [1.82, 2.24) is 19.6 Å². The van der Waals surface area contributed by atoms with Gasteiger partial charge in [-0.15, -0.1) is 0 Å². The standard InChI is InChI=1S/C22H21N5O4/c1-4-13-14(6-5-7-15(13)22(28)29)16-12-17(20-23-10-11-27(20)26-16)24-19-9-8-18(30-2)21(25-19)31-3/h5-12H,4H2,1-3H3,(H,24,25)(H,28,29). The molecule has 0 radical (unpaired) electrons. The minimum atomic E-state index is -0.963. The van der Waals surface area contributed by atoms with Crippen LogP contribution in [-0.4, -0.2) is 44.9 Å². The molecule has 2 N–H and O–H groups in total. The number of hydrogen-bond donors (Lipinski definition) is 2. The summed E-state index contributed by atoms with van der Waals surface area (Å²) in [6.45, 7) is 1.92. The third-order valence-corrected chi connectivity index (χ3v) is 4.90. The van der Waals surface area contributed by atoms with Crippen LogP contribution in [0.25, 0.3) is 16.9 Å². The van der Waals surface area contributed by atoms with E-state index in [-0.39, 0.29) is 5.56 Å². The van der Waals surface area contributed by atoms with Crippen molar-refractivity contribution in [2.75, 3.05) is 19.5 Å². The highest BCUT2D eigenvalue weighted by molar-refractivity contribution is 5.92. The Morgan fingerprint density at radius 2 is 2.03 bits per heavy atom. The maximum Gasteiger partial charge on any atom is 0.335 e. The Morgan fingerprint density at radius 3 is 2.74 bits per heavy atom. The van der Waals surface area contributed by atoms with Gasteiger partial charge in [-0.1, -0.05) is 19.1 Å². The van der Waals surface area contributed by atoms with Gasteiger partial charge in [-0.25, -0.2) is 14.3 Å². The van der Waals surface area contributed by atoms with Crippen LogP contribution in [0.1, 0.15) is 22.8 Å². The van der Waals surface area contributed by atoms with E-state index in [0.717, 1.165) is 11.1 Å². The summed E-state index contributed by atoms with van der Waals surface area (Å²) in [7, 11) is 3.07. The number of ether oxygens (including phenoxy) is 2. The molecule has 158 valence electrons. The van der Waals surface area contributed by atoms with Gasteiger partial charge in [0.05, 0.1) is 31.2 Å². The maximum absolute atomic E-state index is 11.7. The summed E-state index contributed by atoms with van der Waals surface area (Å²) in [4.78, 5) is 20.5. The van der Waals surface area contributed by atoms with Gasteiger partial charge in [0.25, 0.3) is 5.88 Å². The highest BCUT2D eigenvalue weighted by Crippen LogP contribution is 2.31. The summed E-state index contributed by atoms with van der Waals surface area (Å²) in [6, 6.07) is 10.6. The second-order valence-electron chi connectivity index (χ2n) is 6.66. The van der Waals surface area contributed by atoms with E-state index in [1.165, 1.54) is 7.11 Å². The van der Waals surface area contributed by atoms with Gasteiger partial charge in [0.1, 0.15) is 5.82 Å². The minimum absolute atomic E-state index is 0.267. The Balaban J connectivity index is 1.84. The predicted molar refractivity (Wildman–Crippen MR) is 115 cm³/mol. The zero-order valence-electron chi connectivity index (χ0n) is 17.3. The van der Waals surface area contributed by atoms with Gasteiger partial charge in [0, 0.05) is 18.0 Å². The van der Waals surface area contributed by atoms with E-state index in [1.807, 2.05) is 19.1 Å². The highest BCUT2D eigenvalue weighted by atomic mass is 16.5. The number of aromatic nitrogens is 4. The quantitative estimate of drug-likeness (QED) is 0.465. The van der Waals surface area contributed by atoms with Crippen LogP contribution in [0.5, 0.6) is 11.6 Å². The molecule has 0 amide bonds. The number of rotatable bonds is 7. The molecule has 3 aromatic heterocycles. The fourth-order valence-electron chi connectivity index (χ4n) is 3.49. The number of imidazole rings is 1. The number of nitrogens with one attached hydrogen (secondary N) is 1. The molecule has 0 spiro atoms. The second-order valence-corrected chi connectivity index (χ2v) is 6.66. The van der Waals surface area contributed by atoms with E-state index in [2.05, 4.69) is 20.4 Å². The molecule has 0 unspecified atom stereocenters. The summed E-state index contributed by atoms with van der Waals surface area (Å²) in [5, 5.41) is 17.5. The van der Waals surface area contributed by atoms with Crippen molar-refractivity contribution in [2.24, 2.45) is 0 Å². The number of hydrogen-bond acceptors (Lipinski definition) is 7. The fourth-order valence-corrected chi connectivity index (χ4v) is 3.49. The minimum Gasteiger partial charge on any atom is -0.491 e. The van der Waals surface area contributed by atoms with Crippen molar-refractivity contribution in [3.8, 4) is 22.9 Å². The van der Waals surface area contributed by atoms with Gasteiger partial charge in [-0.05, 0) is 36.2 Å². The number of carbonyl (C=O) groups is 1. The van der Waals surface area contributed by atoms with Crippen molar-refractivity contribution < 1.29 is 19.4 Å². The largest absolute Gasteiger partial charge is 0.491 e. The molecule has 0 fully saturated rings. The number of carboxylic acid groups (broad SMARTS) is 1. The summed E-state index contributed by atoms with van der Waals surface area (Å²) >= 11 is 0. The molecule has 9 heteroatoms. The van der Waals surface area contributed by atoms with E-state index < -0.39 is 5.97 Å². The first-order valence-corrected chi connectivity index (χ1v) is 9.61. The first-order chi connectivity index (χ1) is 15.0. The number of carboxylic acids is 1. The van der Waals surface area contributed by atoms with E-state index in [9.17, 15) is 9.90 Å². The predicted octanol–water partition coefficient (Wildman–Crippen LogP) is 3.81. The smallest absolute Gasteiger partial charge is 0.335 e. The van der Waals surface area contributed by atoms with E-state index >= 15 is 0 Å². The molecule has 0 saturated carbocycles. The van der Waals surface area contributed by atoms with Gasteiger partial charge < -0.3 is 19.9 Å². The van der Waals surface area contributed by atoms with Crippen molar-refractivity contribution in [3.05, 3.63) is 59.9 Å². The zero-order valence-corrected chi connectivity index (χ0v) is 17.3. The topological polar surface area (TPSA) is 111 Å². The Labute approximate surface area is 178 Å². The zero-order chi connectivity index (χ0) is 22.0. The summed E-state index contributed by atoms with van der Waals surface area (Å²) < 4.78 is 12.2. The first-order valence-electron chi connectivity index (χ1n) is 9.61. The molecule has 0 saturated heterocycles. The van der Waals surface area contributed by atoms with Crippen LogP contribution in [-0.2, 0) is 6.42 Å². The number of nitrogens with zero attached hydrogens (tertiary/aromatic N) is 4. The van der Waals surface area contributed by atoms with Crippen LogP contribution >= 0.6 is 0 Å². The monoisotopic (exact) mass is 419 g/mol. The van der Waals surface area contributed by atoms with E-state index in [1.54, 1.807) is 48.3 Å². The number of benzene rings is 1. The van der Waals surface area contributed by atoms with Crippen molar-refractivity contribution in [2.45, 2.75) is 13.3 Å². The lowest BCUT2D eigenvalue weighted by Gasteiger charge is -2.14. The van der Waals surface area contributed by atoms with Crippen molar-refractivity contribution >= 4 is 23.1 Å². The Kier molecular flexibility index (Phi) is 5.40. The summed E-state index contributed by atoms with van der Waals surface area (Å²) in [6.07, 6.45) is 3.94. The lowest BCUT2D eigenvalue weighted by Crippen LogP contribution is -2.06. The molecule has 4 rings (SSSR count). The number of anilines is 2. The molecule has 9 nitrogen and oxygen atoms in total. The molecule has 31 heavy (non-hydrogen) atoms. The summed E-state index contributed by atoms with van der Waals surface area (Å²) in [5.74, 6) is 0.445. The van der Waals surface area contributed by atoms with Crippen LogP contribution in [0.2, 0.25) is 0 Å². The molecular formula is C22H21N5O4. The summed E-state index contributed by atoms with van der Waals surface area (Å²) in [5.41, 5.74) is 3.63. The molecule has 0 aliphatic heterocycles. The molecule has 1 aromatic carbocycles. The maximum atomic E-state index is 11.7. The third-order valence-electron chi connectivity index (χ3n) is 4.90. The average molecular weight is 419 g/mol. The normalized spacial score (nSPS) is 10.8. The first kappa shape index (κ1) is 20.1. The highest BCUT2D eigenvalue weighted by Gasteiger charge is 2.17. The molecule has 0 atom stereocenters. The Bertz CT molecular complexity index is 1270. The lowest BCUT2D eigenvalue weighted by molar-refractivity contribution is 0.0696. The number of aromatic carboxylic acids is 1. The molecule has 3 heterocycles. The third kappa shape index (κ3) is 3.73. The Morgan fingerprint density at radius 1 is 1.19 bits per heavy atom. The van der Waals surface area contributed by atoms with Crippen LogP contribution in [0, 0.1) is 0 Å². The molecule has 0 bridgehead atoms. The van der Waals surface area contributed by atoms with Crippen molar-refractivity contribution in [1.29, 1.82) is 0 Å². The van der Waals surface area contributed by atoms with Gasteiger partial charge in [-0.3, -0.25) is 0 Å². The second kappa shape index (κ2) is 8.31. The van der Waals surface area contributed by atoms with Gasteiger partial charge >= 0.3 is 5.97 Å². The van der Waals surface area contributed by atoms with Crippen LogP contribution in [0.3, 0.4) is 0 Å². The SMILES string of the molecule is CCc1c(C(=O)O)cccc1-c1cc(Nc2ccc(OC)c(OC)n2)c2nccn2n1. The number of fused-ring (bicyclic) bond motifs is 1. The molecule has 0 aliphatic carbocycles. The number of pyridine rings is 1. The lowest BCUT2D eigenvalue weighted by atomic mass is 9.96. The van der Waals surface area contributed by atoms with E-state index in [4.69, 9.17) is 9.47 Å². The molecule has 4 aromatic rings. The van der Waals surface area contributed by atoms with Gasteiger partial charge in [-0.2, -0.15) is 10.1 Å². The van der Waals surface area contributed by atoms with Crippen LogP contribution in [0.15, 0.2) is 48.8 Å².